The summed E-state index contributed by atoms with van der Waals surface area (Å²) in [4.78, 5) is 14.8. The molecular formula is C9H11NO2. The Morgan fingerprint density at radius 2 is 2.00 bits per heavy atom. The fourth-order valence-corrected chi connectivity index (χ4v) is 0.914. The molecule has 0 aliphatic carbocycles. The molecule has 0 atom stereocenters. The second-order valence-corrected chi connectivity index (χ2v) is 2.65. The Bertz CT molecular complexity index is 266. The number of carbonyl (C=O) groups is 1. The molecule has 0 aliphatic heterocycles. The maximum atomic E-state index is 10.7. The van der Waals surface area contributed by atoms with Gasteiger partial charge < -0.3 is 4.84 Å². The Kier molecular flexibility index (Phi) is 2.82. The van der Waals surface area contributed by atoms with Crippen molar-refractivity contribution >= 4 is 5.97 Å². The van der Waals surface area contributed by atoms with Gasteiger partial charge in [-0.2, -0.15) is 5.90 Å². The molecule has 64 valence electrons. The third-order valence-corrected chi connectivity index (χ3v) is 1.60. The van der Waals surface area contributed by atoms with Gasteiger partial charge in [-0.3, -0.25) is 4.79 Å². The molecule has 0 aromatic heterocycles. The minimum Gasteiger partial charge on any atom is -0.373 e. The largest absolute Gasteiger partial charge is 0.373 e. The fraction of sp³-hybridized carbons (Fsp3) is 0.222. The number of aryl methyl sites for hydroxylation is 1. The molecule has 2 N–H and O–H groups in total. The van der Waals surface area contributed by atoms with Gasteiger partial charge in [0.05, 0.1) is 6.42 Å². The van der Waals surface area contributed by atoms with Gasteiger partial charge in [0.25, 0.3) is 0 Å². The molecule has 0 heterocycles. The standard InChI is InChI=1S/C9H11NO2/c1-7-2-4-8(5-3-7)6-9(11)12-10/h2-5H,6,10H2,1H3. The van der Waals surface area contributed by atoms with Gasteiger partial charge in [0, 0.05) is 0 Å². The molecule has 0 bridgehead atoms. The first-order valence-corrected chi connectivity index (χ1v) is 3.67. The molecule has 0 saturated heterocycles. The van der Waals surface area contributed by atoms with Gasteiger partial charge >= 0.3 is 5.97 Å². The van der Waals surface area contributed by atoms with E-state index in [0.29, 0.717) is 0 Å². The van der Waals surface area contributed by atoms with E-state index >= 15 is 0 Å². The minimum absolute atomic E-state index is 0.233. The van der Waals surface area contributed by atoms with Crippen LogP contribution in [0, 0.1) is 6.92 Å². The zero-order valence-corrected chi connectivity index (χ0v) is 6.91. The summed E-state index contributed by atoms with van der Waals surface area (Å²) < 4.78 is 0. The molecule has 1 aromatic carbocycles. The van der Waals surface area contributed by atoms with Crippen LogP contribution < -0.4 is 5.90 Å². The summed E-state index contributed by atoms with van der Waals surface area (Å²) >= 11 is 0. The third kappa shape index (κ3) is 2.36. The van der Waals surface area contributed by atoms with Crippen LogP contribution in [-0.2, 0) is 16.1 Å². The van der Waals surface area contributed by atoms with Crippen LogP contribution in [0.25, 0.3) is 0 Å². The molecule has 0 fully saturated rings. The molecule has 1 aromatic rings. The lowest BCUT2D eigenvalue weighted by molar-refractivity contribution is -0.143. The van der Waals surface area contributed by atoms with Crippen molar-refractivity contribution < 1.29 is 9.63 Å². The van der Waals surface area contributed by atoms with Crippen molar-refractivity contribution in [3.05, 3.63) is 35.4 Å². The SMILES string of the molecule is Cc1ccc(CC(=O)ON)cc1. The summed E-state index contributed by atoms with van der Waals surface area (Å²) in [5.74, 6) is 4.28. The molecular weight excluding hydrogens is 154 g/mol. The van der Waals surface area contributed by atoms with Crippen molar-refractivity contribution in [1.29, 1.82) is 0 Å². The first-order chi connectivity index (χ1) is 5.72. The summed E-state index contributed by atoms with van der Waals surface area (Å²) in [7, 11) is 0. The highest BCUT2D eigenvalue weighted by Gasteiger charge is 2.01. The number of hydrogen-bond donors (Lipinski definition) is 1. The molecule has 0 radical (unpaired) electrons. The Labute approximate surface area is 71.1 Å². The van der Waals surface area contributed by atoms with Crippen LogP contribution in [0.5, 0.6) is 0 Å². The molecule has 0 unspecified atom stereocenters. The first kappa shape index (κ1) is 8.74. The summed E-state index contributed by atoms with van der Waals surface area (Å²) in [6.45, 7) is 1.99. The van der Waals surface area contributed by atoms with E-state index in [4.69, 9.17) is 5.90 Å². The van der Waals surface area contributed by atoms with Gasteiger partial charge in [-0.15, -0.1) is 0 Å². The highest BCUT2D eigenvalue weighted by molar-refractivity contribution is 5.72. The van der Waals surface area contributed by atoms with Crippen LogP contribution in [0.15, 0.2) is 24.3 Å². The molecule has 3 nitrogen and oxygen atoms in total. The Morgan fingerprint density at radius 1 is 1.42 bits per heavy atom. The van der Waals surface area contributed by atoms with Gasteiger partial charge in [0.1, 0.15) is 0 Å². The van der Waals surface area contributed by atoms with Crippen LogP contribution in [-0.4, -0.2) is 5.97 Å². The Hall–Kier alpha value is -1.35. The van der Waals surface area contributed by atoms with E-state index in [1.54, 1.807) is 0 Å². The van der Waals surface area contributed by atoms with E-state index in [9.17, 15) is 4.79 Å². The van der Waals surface area contributed by atoms with E-state index < -0.39 is 5.97 Å². The molecule has 3 heteroatoms. The summed E-state index contributed by atoms with van der Waals surface area (Å²) in [6.07, 6.45) is 0.233. The maximum absolute atomic E-state index is 10.7. The van der Waals surface area contributed by atoms with Gasteiger partial charge in [-0.1, -0.05) is 29.8 Å². The van der Waals surface area contributed by atoms with Crippen molar-refractivity contribution in [3.63, 3.8) is 0 Å². The van der Waals surface area contributed by atoms with Gasteiger partial charge in [-0.25, -0.2) is 0 Å². The molecule has 1 rings (SSSR count). The number of hydrogen-bond acceptors (Lipinski definition) is 3. The van der Waals surface area contributed by atoms with E-state index in [2.05, 4.69) is 4.84 Å². The topological polar surface area (TPSA) is 52.3 Å². The molecule has 0 amide bonds. The predicted molar refractivity (Wildman–Crippen MR) is 45.2 cm³/mol. The van der Waals surface area contributed by atoms with Gasteiger partial charge in [0.15, 0.2) is 0 Å². The summed E-state index contributed by atoms with van der Waals surface area (Å²) in [6, 6.07) is 7.65. The second-order valence-electron chi connectivity index (χ2n) is 2.65. The molecule has 0 aliphatic rings. The van der Waals surface area contributed by atoms with Crippen LogP contribution in [0.2, 0.25) is 0 Å². The molecule has 12 heavy (non-hydrogen) atoms. The zero-order chi connectivity index (χ0) is 8.97. The maximum Gasteiger partial charge on any atom is 0.328 e. The number of rotatable bonds is 2. The Morgan fingerprint density at radius 3 is 2.50 bits per heavy atom. The van der Waals surface area contributed by atoms with Crippen LogP contribution >= 0.6 is 0 Å². The van der Waals surface area contributed by atoms with Gasteiger partial charge in [-0.05, 0) is 12.5 Å². The number of benzene rings is 1. The highest BCUT2D eigenvalue weighted by Crippen LogP contribution is 2.03. The lowest BCUT2D eigenvalue weighted by atomic mass is 10.1. The quantitative estimate of drug-likeness (QED) is 0.664. The lowest BCUT2D eigenvalue weighted by Gasteiger charge is -1.98. The van der Waals surface area contributed by atoms with Crippen LogP contribution in [0.4, 0.5) is 0 Å². The normalized spacial score (nSPS) is 9.50. The smallest absolute Gasteiger partial charge is 0.328 e. The van der Waals surface area contributed by atoms with Crippen molar-refractivity contribution in [3.8, 4) is 0 Å². The fourth-order valence-electron chi connectivity index (χ4n) is 0.914. The summed E-state index contributed by atoms with van der Waals surface area (Å²) in [5, 5.41) is 0. The van der Waals surface area contributed by atoms with Crippen LogP contribution in [0.3, 0.4) is 0 Å². The van der Waals surface area contributed by atoms with E-state index in [1.807, 2.05) is 31.2 Å². The van der Waals surface area contributed by atoms with Crippen molar-refractivity contribution in [2.45, 2.75) is 13.3 Å². The third-order valence-electron chi connectivity index (χ3n) is 1.60. The van der Waals surface area contributed by atoms with E-state index in [0.717, 1.165) is 5.56 Å². The lowest BCUT2D eigenvalue weighted by Crippen LogP contribution is -2.12. The van der Waals surface area contributed by atoms with Crippen molar-refractivity contribution in [1.82, 2.24) is 0 Å². The summed E-state index contributed by atoms with van der Waals surface area (Å²) in [5.41, 5.74) is 2.08. The average Bonchev–Trinajstić information content (AvgIpc) is 2.09. The van der Waals surface area contributed by atoms with Crippen molar-refractivity contribution in [2.75, 3.05) is 0 Å². The number of carbonyl (C=O) groups excluding carboxylic acids is 1. The molecule has 0 saturated carbocycles. The minimum atomic E-state index is -0.418. The number of nitrogens with two attached hydrogens (primary N) is 1. The zero-order valence-electron chi connectivity index (χ0n) is 6.91. The average molecular weight is 165 g/mol. The monoisotopic (exact) mass is 165 g/mol. The van der Waals surface area contributed by atoms with Gasteiger partial charge in [0.2, 0.25) is 0 Å². The highest BCUT2D eigenvalue weighted by atomic mass is 16.7. The van der Waals surface area contributed by atoms with E-state index in [1.165, 1.54) is 5.56 Å². The second kappa shape index (κ2) is 3.88. The molecule has 0 spiro atoms. The van der Waals surface area contributed by atoms with Crippen molar-refractivity contribution in [2.24, 2.45) is 5.90 Å². The first-order valence-electron chi connectivity index (χ1n) is 3.67. The Balaban J connectivity index is 2.64. The predicted octanol–water partition coefficient (Wildman–Crippen LogP) is 0.954. The van der Waals surface area contributed by atoms with E-state index in [-0.39, 0.29) is 6.42 Å². The van der Waals surface area contributed by atoms with Crippen LogP contribution in [0.1, 0.15) is 11.1 Å².